The Morgan fingerprint density at radius 2 is 1.29 bits per heavy atom. The third kappa shape index (κ3) is 5.06. The first kappa shape index (κ1) is 35.6. The number of esters is 1. The first-order chi connectivity index (χ1) is 22.5. The fraction of sp³-hybridized carbons (Fsp3) is 0.194. The Labute approximate surface area is 317 Å². The van der Waals surface area contributed by atoms with Crippen LogP contribution in [0.25, 0.3) is 0 Å². The number of allylic oxidation sites excluding steroid dienone is 2. The number of nitrogens with zero attached hydrogens (tertiary/aromatic N) is 2. The molecule has 4 atom stereocenters. The molecule has 48 heavy (non-hydrogen) atoms. The number of halogens is 9. The van der Waals surface area contributed by atoms with Crippen molar-refractivity contribution in [2.75, 3.05) is 6.54 Å². The van der Waals surface area contributed by atoms with Gasteiger partial charge in [-0.3, -0.25) is 19.2 Å². The second kappa shape index (κ2) is 12.5. The van der Waals surface area contributed by atoms with E-state index in [4.69, 9.17) is 109 Å². The number of carbonyl (C=O) groups excluding carboxylic acids is 5. The van der Waals surface area contributed by atoms with Crippen LogP contribution in [0.1, 0.15) is 31.1 Å². The van der Waals surface area contributed by atoms with Crippen molar-refractivity contribution in [1.29, 1.82) is 0 Å². The number of alkyl halides is 4. The molecule has 1 saturated heterocycles. The van der Waals surface area contributed by atoms with E-state index in [1.54, 1.807) is 6.07 Å². The maximum Gasteiger partial charge on any atom is 0.345 e. The van der Waals surface area contributed by atoms with Gasteiger partial charge in [-0.2, -0.15) is 5.01 Å². The Balaban J connectivity index is 1.31. The van der Waals surface area contributed by atoms with Crippen LogP contribution in [0.15, 0.2) is 76.8 Å². The van der Waals surface area contributed by atoms with E-state index in [2.05, 4.69) is 0 Å². The molecular weight excluding hydrogens is 815 g/mol. The minimum Gasteiger partial charge on any atom is -0.423 e. The number of ketones is 1. The van der Waals surface area contributed by atoms with Crippen LogP contribution in [0.4, 0.5) is 0 Å². The van der Waals surface area contributed by atoms with Crippen LogP contribution >= 0.6 is 104 Å². The molecule has 3 aromatic rings. The van der Waals surface area contributed by atoms with E-state index < -0.39 is 61.9 Å². The summed E-state index contributed by atoms with van der Waals surface area (Å²) in [5, 5.41) is 0.838. The predicted octanol–water partition coefficient (Wildman–Crippen LogP) is 8.55. The van der Waals surface area contributed by atoms with Gasteiger partial charge in [0.15, 0.2) is 10.1 Å². The quantitative estimate of drug-likeness (QED) is 0.0779. The number of benzene rings is 3. The summed E-state index contributed by atoms with van der Waals surface area (Å²) < 4.78 is 3.14. The summed E-state index contributed by atoms with van der Waals surface area (Å²) in [5.74, 6) is -7.64. The summed E-state index contributed by atoms with van der Waals surface area (Å²) in [5.41, 5.74) is -0.0504. The highest BCUT2D eigenvalue weighted by Gasteiger charge is 2.88. The minimum absolute atomic E-state index is 0.0200. The molecule has 0 spiro atoms. The van der Waals surface area contributed by atoms with Gasteiger partial charge >= 0.3 is 5.97 Å². The van der Waals surface area contributed by atoms with Crippen molar-refractivity contribution in [3.05, 3.63) is 109 Å². The third-order valence-corrected chi connectivity index (χ3v) is 13.4. The highest BCUT2D eigenvalue weighted by Crippen LogP contribution is 2.77. The Hall–Kier alpha value is -2.24. The summed E-state index contributed by atoms with van der Waals surface area (Å²) in [4.78, 5) is 64.1. The van der Waals surface area contributed by atoms with Crippen molar-refractivity contribution in [2.45, 2.75) is 14.1 Å². The van der Waals surface area contributed by atoms with Crippen LogP contribution < -0.4 is 4.74 Å². The van der Waals surface area contributed by atoms with E-state index in [0.29, 0.717) is 15.0 Å². The van der Waals surface area contributed by atoms with Gasteiger partial charge in [0.25, 0.3) is 17.7 Å². The fourth-order valence-corrected chi connectivity index (χ4v) is 9.61. The molecule has 0 unspecified atom stereocenters. The van der Waals surface area contributed by atoms with E-state index >= 15 is 0 Å². The van der Waals surface area contributed by atoms with Crippen LogP contribution in [-0.2, 0) is 9.59 Å². The first-order valence-electron chi connectivity index (χ1n) is 13.5. The zero-order chi connectivity index (χ0) is 35.1. The number of hydrogen-bond donors (Lipinski definition) is 0. The topological polar surface area (TPSA) is 101 Å². The number of fused-ring (bicyclic) bond motifs is 5. The molecule has 248 valence electrons. The maximum atomic E-state index is 14.1. The number of hydrazine groups is 1. The Morgan fingerprint density at radius 1 is 0.729 bits per heavy atom. The highest BCUT2D eigenvalue weighted by atomic mass is 35.5. The zero-order valence-corrected chi connectivity index (χ0v) is 30.3. The molecule has 2 aliphatic carbocycles. The van der Waals surface area contributed by atoms with E-state index in [9.17, 15) is 24.0 Å². The summed E-state index contributed by atoms with van der Waals surface area (Å²) >= 11 is 57.9. The standard InChI is InChI=1S/C31H15Cl9N2O6/c32-14-7-10-17(19(34)11-14)28(47)48-15-8-5-13(6-9-15)20(43)12-41(25(44)16-3-1-2-4-18(16)33)42-26(45)21-22(27(42)46)30(38)24(36)23(35)29(21,37)31(30,39)40/h1-11,21-22H,12H2/t21-,22-,29-,30-/m1/s1. The van der Waals surface area contributed by atoms with Crippen LogP contribution in [0.2, 0.25) is 15.1 Å². The van der Waals surface area contributed by atoms with Gasteiger partial charge in [-0.15, -0.1) is 23.2 Å². The van der Waals surface area contributed by atoms with Crippen molar-refractivity contribution in [1.82, 2.24) is 10.0 Å². The smallest absolute Gasteiger partial charge is 0.345 e. The van der Waals surface area contributed by atoms with Crippen LogP contribution in [0, 0.1) is 11.8 Å². The molecule has 2 bridgehead atoms. The molecule has 8 nitrogen and oxygen atoms in total. The lowest BCUT2D eigenvalue weighted by molar-refractivity contribution is -0.154. The van der Waals surface area contributed by atoms with Gasteiger partial charge in [0.1, 0.15) is 22.0 Å². The molecule has 1 saturated carbocycles. The van der Waals surface area contributed by atoms with Crippen LogP contribution in [0.5, 0.6) is 5.75 Å². The number of rotatable bonds is 7. The average molecular weight is 831 g/mol. The molecule has 3 aromatic carbocycles. The van der Waals surface area contributed by atoms with Gasteiger partial charge < -0.3 is 4.74 Å². The molecule has 0 aromatic heterocycles. The van der Waals surface area contributed by atoms with E-state index in [0.717, 1.165) is 0 Å². The normalized spacial score (nSPS) is 25.4. The summed E-state index contributed by atoms with van der Waals surface area (Å²) in [6.07, 6.45) is 0. The van der Waals surface area contributed by atoms with E-state index in [1.807, 2.05) is 0 Å². The first-order valence-corrected chi connectivity index (χ1v) is 16.9. The maximum absolute atomic E-state index is 14.1. The van der Waals surface area contributed by atoms with Crippen LogP contribution in [-0.4, -0.2) is 60.1 Å². The van der Waals surface area contributed by atoms with Crippen molar-refractivity contribution in [3.8, 4) is 5.75 Å². The lowest BCUT2D eigenvalue weighted by Gasteiger charge is -2.36. The average Bonchev–Trinajstić information content (AvgIpc) is 3.42. The van der Waals surface area contributed by atoms with Gasteiger partial charge in [-0.1, -0.05) is 93.3 Å². The molecule has 3 aliphatic rings. The molecule has 1 heterocycles. The van der Waals surface area contributed by atoms with Gasteiger partial charge in [0, 0.05) is 10.6 Å². The van der Waals surface area contributed by atoms with Gasteiger partial charge in [0.2, 0.25) is 0 Å². The SMILES string of the molecule is O=C(CN(C(=O)c1ccccc1Cl)N1C(=O)[C@H]2[C@H](C1=O)[C@@]1(Cl)C(Cl)=C(Cl)[C@@]2(Cl)C1(Cl)Cl)c1ccc(OC(=O)c2ccc(Cl)cc2Cl)cc1. The van der Waals surface area contributed by atoms with Crippen molar-refractivity contribution < 1.29 is 28.7 Å². The lowest BCUT2D eigenvalue weighted by Crippen LogP contribution is -2.56. The second-order valence-electron chi connectivity index (χ2n) is 10.9. The summed E-state index contributed by atoms with van der Waals surface area (Å²) in [6.45, 7) is -0.840. The molecule has 17 heteroatoms. The largest absolute Gasteiger partial charge is 0.423 e. The van der Waals surface area contributed by atoms with Gasteiger partial charge in [-0.25, -0.2) is 9.80 Å². The lowest BCUT2D eigenvalue weighted by atomic mass is 9.84. The third-order valence-electron chi connectivity index (χ3n) is 8.30. The van der Waals surface area contributed by atoms with Crippen molar-refractivity contribution in [2.24, 2.45) is 11.8 Å². The van der Waals surface area contributed by atoms with E-state index in [1.165, 1.54) is 60.7 Å². The van der Waals surface area contributed by atoms with Crippen LogP contribution in [0.3, 0.4) is 0 Å². The number of hydrogen-bond acceptors (Lipinski definition) is 6. The highest BCUT2D eigenvalue weighted by molar-refractivity contribution is 6.67. The Morgan fingerprint density at radius 3 is 1.83 bits per heavy atom. The summed E-state index contributed by atoms with van der Waals surface area (Å²) in [7, 11) is 0. The molecule has 0 N–H and O–H groups in total. The van der Waals surface area contributed by atoms with Gasteiger partial charge in [0.05, 0.1) is 43.1 Å². The second-order valence-corrected chi connectivity index (χ2v) is 15.4. The van der Waals surface area contributed by atoms with Crippen molar-refractivity contribution >= 4 is 134 Å². The molecular formula is C31H15Cl9N2O6. The predicted molar refractivity (Wildman–Crippen MR) is 184 cm³/mol. The Bertz CT molecular complexity index is 1940. The number of ether oxygens (including phenoxy) is 1. The number of imide groups is 1. The number of Topliss-reactive ketones (excluding diaryl/α,β-unsaturated/α-hetero) is 1. The Kier molecular flexibility index (Phi) is 9.28. The zero-order valence-electron chi connectivity index (χ0n) is 23.5. The van der Waals surface area contributed by atoms with Crippen molar-refractivity contribution in [3.63, 3.8) is 0 Å². The summed E-state index contributed by atoms with van der Waals surface area (Å²) in [6, 6.07) is 15.3. The minimum atomic E-state index is -2.21. The molecule has 0 radical (unpaired) electrons. The van der Waals surface area contributed by atoms with Gasteiger partial charge in [-0.05, 0) is 54.6 Å². The number of carbonyl (C=O) groups is 5. The fourth-order valence-electron chi connectivity index (χ4n) is 5.98. The molecule has 2 fully saturated rings. The molecule has 1 aliphatic heterocycles. The molecule has 6 rings (SSSR count). The monoisotopic (exact) mass is 826 g/mol. The van der Waals surface area contributed by atoms with E-state index in [-0.39, 0.29) is 42.5 Å². The number of amides is 3. The molecule has 3 amide bonds.